The van der Waals surface area contributed by atoms with Gasteiger partial charge in [-0.2, -0.15) is 0 Å². The summed E-state index contributed by atoms with van der Waals surface area (Å²) in [7, 11) is 1.49. The Morgan fingerprint density at radius 1 is 1.15 bits per heavy atom. The van der Waals surface area contributed by atoms with Crippen molar-refractivity contribution in [1.29, 1.82) is 0 Å². The second-order valence-electron chi connectivity index (χ2n) is 6.91. The van der Waals surface area contributed by atoms with Crippen molar-refractivity contribution in [3.8, 4) is 0 Å². The normalized spacial score (nSPS) is 32.2. The van der Waals surface area contributed by atoms with E-state index in [2.05, 4.69) is 0 Å². The maximum atomic E-state index is 12.0. The van der Waals surface area contributed by atoms with E-state index in [9.17, 15) is 9.59 Å². The van der Waals surface area contributed by atoms with E-state index >= 15 is 0 Å². The maximum absolute atomic E-state index is 12.0. The summed E-state index contributed by atoms with van der Waals surface area (Å²) in [5.74, 6) is 0.00473. The molecular formula is C15H24O5. The lowest BCUT2D eigenvalue weighted by Gasteiger charge is -2.30. The van der Waals surface area contributed by atoms with Gasteiger partial charge in [-0.15, -0.1) is 0 Å². The molecular weight excluding hydrogens is 260 g/mol. The van der Waals surface area contributed by atoms with Crippen molar-refractivity contribution in [1.82, 2.24) is 0 Å². The van der Waals surface area contributed by atoms with Crippen LogP contribution in [0.25, 0.3) is 0 Å². The molecule has 2 saturated carbocycles. The molecule has 2 fully saturated rings. The molecule has 114 valence electrons. The van der Waals surface area contributed by atoms with Gasteiger partial charge in [0, 0.05) is 13.0 Å². The third-order valence-electron chi connectivity index (χ3n) is 4.25. The Morgan fingerprint density at radius 2 is 1.85 bits per heavy atom. The number of carbonyl (C=O) groups is 2. The first kappa shape index (κ1) is 15.3. The summed E-state index contributed by atoms with van der Waals surface area (Å²) in [6.45, 7) is 5.51. The molecule has 4 atom stereocenters. The van der Waals surface area contributed by atoms with Gasteiger partial charge in [0.05, 0.1) is 11.3 Å². The van der Waals surface area contributed by atoms with Crippen LogP contribution in [0.1, 0.15) is 40.0 Å². The van der Waals surface area contributed by atoms with Crippen LogP contribution in [0, 0.1) is 23.2 Å². The Balaban J connectivity index is 1.94. The highest BCUT2D eigenvalue weighted by molar-refractivity contribution is 5.76. The highest BCUT2D eigenvalue weighted by Gasteiger charge is 2.51. The Labute approximate surface area is 120 Å². The minimum Gasteiger partial charge on any atom is -0.462 e. The molecule has 0 N–H and O–H groups in total. The number of hydrogen-bond acceptors (Lipinski definition) is 5. The molecule has 0 spiro atoms. The number of methoxy groups -OCH3 is 1. The Morgan fingerprint density at radius 3 is 2.40 bits per heavy atom. The molecule has 20 heavy (non-hydrogen) atoms. The lowest BCUT2D eigenvalue weighted by Crippen LogP contribution is -2.37. The summed E-state index contributed by atoms with van der Waals surface area (Å²) in [6, 6.07) is 0. The first-order valence-electron chi connectivity index (χ1n) is 7.19. The van der Waals surface area contributed by atoms with Gasteiger partial charge in [0.1, 0.15) is 6.10 Å². The van der Waals surface area contributed by atoms with Crippen molar-refractivity contribution in [3.05, 3.63) is 0 Å². The van der Waals surface area contributed by atoms with Gasteiger partial charge in [-0.3, -0.25) is 9.59 Å². The number of esters is 2. The first-order chi connectivity index (χ1) is 9.32. The molecule has 0 aromatic heterocycles. The zero-order chi connectivity index (χ0) is 14.9. The average molecular weight is 284 g/mol. The number of rotatable bonds is 4. The van der Waals surface area contributed by atoms with Crippen LogP contribution < -0.4 is 0 Å². The van der Waals surface area contributed by atoms with E-state index < -0.39 is 5.41 Å². The molecule has 0 saturated heterocycles. The number of hydrogen-bond donors (Lipinski definition) is 0. The highest BCUT2D eigenvalue weighted by Crippen LogP contribution is 2.50. The van der Waals surface area contributed by atoms with E-state index in [-0.39, 0.29) is 36.7 Å². The van der Waals surface area contributed by atoms with Gasteiger partial charge in [0.2, 0.25) is 0 Å². The van der Waals surface area contributed by atoms with Crippen molar-refractivity contribution in [2.24, 2.45) is 23.2 Å². The Bertz CT molecular complexity index is 384. The maximum Gasteiger partial charge on any atom is 0.311 e. The van der Waals surface area contributed by atoms with Crippen LogP contribution in [-0.2, 0) is 23.8 Å². The molecule has 5 nitrogen and oxygen atoms in total. The van der Waals surface area contributed by atoms with E-state index in [4.69, 9.17) is 14.2 Å². The van der Waals surface area contributed by atoms with Crippen molar-refractivity contribution in [2.75, 3.05) is 13.9 Å². The summed E-state index contributed by atoms with van der Waals surface area (Å²) in [5, 5.41) is 0. The van der Waals surface area contributed by atoms with E-state index in [1.165, 1.54) is 7.11 Å². The topological polar surface area (TPSA) is 61.8 Å². The van der Waals surface area contributed by atoms with Gasteiger partial charge in [-0.1, -0.05) is 0 Å². The minimum absolute atomic E-state index is 0.0147. The van der Waals surface area contributed by atoms with Gasteiger partial charge in [0.25, 0.3) is 0 Å². The fourth-order valence-electron chi connectivity index (χ4n) is 3.23. The van der Waals surface area contributed by atoms with Crippen LogP contribution in [-0.4, -0.2) is 31.9 Å². The number of fused-ring (bicyclic) bond motifs is 2. The zero-order valence-electron chi connectivity index (χ0n) is 12.7. The lowest BCUT2D eigenvalue weighted by atomic mass is 9.86. The predicted molar refractivity (Wildman–Crippen MR) is 71.6 cm³/mol. The van der Waals surface area contributed by atoms with Gasteiger partial charge in [-0.25, -0.2) is 0 Å². The summed E-state index contributed by atoms with van der Waals surface area (Å²) >= 11 is 0. The smallest absolute Gasteiger partial charge is 0.311 e. The Kier molecular flexibility index (Phi) is 4.37. The van der Waals surface area contributed by atoms with Crippen LogP contribution >= 0.6 is 0 Å². The SMILES string of the molecule is COCOC(=O)C1CC2CC(OC(=O)C(C)(C)C)C1C2. The van der Waals surface area contributed by atoms with E-state index in [0.29, 0.717) is 5.92 Å². The average Bonchev–Trinajstić information content (AvgIpc) is 2.94. The molecule has 0 aromatic carbocycles. The molecule has 5 heteroatoms. The molecule has 2 bridgehead atoms. The van der Waals surface area contributed by atoms with Crippen LogP contribution in [0.5, 0.6) is 0 Å². The second kappa shape index (κ2) is 5.72. The van der Waals surface area contributed by atoms with Gasteiger partial charge < -0.3 is 14.2 Å². The molecule has 2 aliphatic carbocycles. The number of carbonyl (C=O) groups excluding carboxylic acids is 2. The number of ether oxygens (including phenoxy) is 3. The third-order valence-corrected chi connectivity index (χ3v) is 4.25. The summed E-state index contributed by atoms with van der Waals surface area (Å²) in [6.07, 6.45) is 2.53. The second-order valence-corrected chi connectivity index (χ2v) is 6.91. The van der Waals surface area contributed by atoms with Crippen LogP contribution in [0.4, 0.5) is 0 Å². The van der Waals surface area contributed by atoms with Crippen molar-refractivity contribution < 1.29 is 23.8 Å². The van der Waals surface area contributed by atoms with Crippen LogP contribution in [0.15, 0.2) is 0 Å². The van der Waals surface area contributed by atoms with Crippen LogP contribution in [0.3, 0.4) is 0 Å². The predicted octanol–water partition coefficient (Wildman–Crippen LogP) is 2.14. The van der Waals surface area contributed by atoms with Gasteiger partial charge >= 0.3 is 11.9 Å². The standard InChI is InChI=1S/C15H24O5/c1-15(2,3)14(17)20-12-7-9-5-10(12)11(6-9)13(16)19-8-18-4/h9-12H,5-8H2,1-4H3. The highest BCUT2D eigenvalue weighted by atomic mass is 16.7. The monoisotopic (exact) mass is 284 g/mol. The third kappa shape index (κ3) is 3.14. The molecule has 0 amide bonds. The molecule has 0 aliphatic heterocycles. The molecule has 4 unspecified atom stereocenters. The molecule has 2 aliphatic rings. The van der Waals surface area contributed by atoms with Crippen molar-refractivity contribution in [2.45, 2.75) is 46.1 Å². The quantitative estimate of drug-likeness (QED) is 0.584. The largest absolute Gasteiger partial charge is 0.462 e. The Hall–Kier alpha value is -1.10. The molecule has 0 heterocycles. The molecule has 0 radical (unpaired) electrons. The van der Waals surface area contributed by atoms with Gasteiger partial charge in [-0.05, 0) is 46.0 Å². The van der Waals surface area contributed by atoms with Gasteiger partial charge in [0.15, 0.2) is 6.79 Å². The summed E-state index contributed by atoms with van der Waals surface area (Å²) < 4.78 is 15.4. The lowest BCUT2D eigenvalue weighted by molar-refractivity contribution is -0.170. The fraction of sp³-hybridized carbons (Fsp3) is 0.867. The minimum atomic E-state index is -0.506. The summed E-state index contributed by atoms with van der Waals surface area (Å²) in [5.41, 5.74) is -0.506. The first-order valence-corrected chi connectivity index (χ1v) is 7.19. The summed E-state index contributed by atoms with van der Waals surface area (Å²) in [4.78, 5) is 24.0. The van der Waals surface area contributed by atoms with E-state index in [1.54, 1.807) is 0 Å². The van der Waals surface area contributed by atoms with E-state index in [1.807, 2.05) is 20.8 Å². The fourth-order valence-corrected chi connectivity index (χ4v) is 3.23. The van der Waals surface area contributed by atoms with E-state index in [0.717, 1.165) is 19.3 Å². The molecule has 0 aromatic rings. The zero-order valence-corrected chi connectivity index (χ0v) is 12.7. The molecule has 2 rings (SSSR count). The van der Waals surface area contributed by atoms with Crippen molar-refractivity contribution >= 4 is 11.9 Å². The van der Waals surface area contributed by atoms with Crippen LogP contribution in [0.2, 0.25) is 0 Å². The van der Waals surface area contributed by atoms with Crippen molar-refractivity contribution in [3.63, 3.8) is 0 Å².